The lowest BCUT2D eigenvalue weighted by Gasteiger charge is -2.20. The van der Waals surface area contributed by atoms with Crippen LogP contribution in [0, 0.1) is 12.7 Å². The molecular formula is C22H25FN3O3PS2. The molecule has 2 heterocycles. The Balaban J connectivity index is 1.68. The van der Waals surface area contributed by atoms with E-state index in [-0.39, 0.29) is 11.9 Å². The molecule has 1 fully saturated rings. The van der Waals surface area contributed by atoms with Crippen LogP contribution in [0.1, 0.15) is 36.6 Å². The fourth-order valence-electron chi connectivity index (χ4n) is 3.72. The quantitative estimate of drug-likeness (QED) is 0.262. The van der Waals surface area contributed by atoms with Crippen LogP contribution in [-0.4, -0.2) is 28.0 Å². The summed E-state index contributed by atoms with van der Waals surface area (Å²) in [6.45, 7) is 7.06. The molecular weight excluding hydrogens is 468 g/mol. The third-order valence-electron chi connectivity index (χ3n) is 5.21. The summed E-state index contributed by atoms with van der Waals surface area (Å²) >= 11 is 6.94. The highest BCUT2D eigenvalue weighted by atomic mass is 32.9. The highest BCUT2D eigenvalue weighted by Crippen LogP contribution is 2.64. The van der Waals surface area contributed by atoms with Gasteiger partial charge in [-0.1, -0.05) is 36.4 Å². The van der Waals surface area contributed by atoms with Crippen LogP contribution in [0.5, 0.6) is 0 Å². The van der Waals surface area contributed by atoms with Gasteiger partial charge in [0.05, 0.1) is 19.8 Å². The Morgan fingerprint density at radius 1 is 1.19 bits per heavy atom. The third-order valence-corrected chi connectivity index (χ3v) is 10.2. The minimum Gasteiger partial charge on any atom is -0.354 e. The first-order valence-electron chi connectivity index (χ1n) is 10.4. The Hall–Kier alpha value is -1.61. The molecule has 1 aliphatic heterocycles. The molecule has 0 amide bonds. The van der Waals surface area contributed by atoms with E-state index < -0.39 is 11.3 Å². The van der Waals surface area contributed by atoms with Gasteiger partial charge in [-0.25, -0.2) is 14.1 Å². The topological polar surface area (TPSA) is 61.7 Å². The number of rotatable bonds is 10. The molecule has 0 radical (unpaired) electrons. The van der Waals surface area contributed by atoms with E-state index in [2.05, 4.69) is 10.1 Å². The average Bonchev–Trinajstić information content (AvgIpc) is 3.32. The lowest BCUT2D eigenvalue weighted by Crippen LogP contribution is -2.21. The van der Waals surface area contributed by atoms with E-state index in [0.29, 0.717) is 24.9 Å². The van der Waals surface area contributed by atoms with E-state index in [1.54, 1.807) is 10.7 Å². The summed E-state index contributed by atoms with van der Waals surface area (Å²) in [5.41, 5.74) is -0.439. The highest BCUT2D eigenvalue weighted by Gasteiger charge is 2.59. The summed E-state index contributed by atoms with van der Waals surface area (Å²) in [5.74, 6) is -0.308. The molecule has 2 aromatic carbocycles. The minimum atomic E-state index is -2.62. The van der Waals surface area contributed by atoms with E-state index in [4.69, 9.17) is 25.6 Å². The molecule has 0 spiro atoms. The van der Waals surface area contributed by atoms with Crippen LogP contribution in [0.2, 0.25) is 0 Å². The Labute approximate surface area is 196 Å². The smallest absolute Gasteiger partial charge is 0.255 e. The molecule has 1 saturated heterocycles. The van der Waals surface area contributed by atoms with E-state index in [1.807, 2.05) is 51.1 Å². The fourth-order valence-corrected chi connectivity index (χ4v) is 8.23. The van der Waals surface area contributed by atoms with Crippen molar-refractivity contribution in [2.24, 2.45) is 0 Å². The normalized spacial score (nSPS) is 20.4. The van der Waals surface area contributed by atoms with Gasteiger partial charge >= 0.3 is 0 Å². The number of ether oxygens (including phenoxy) is 1. The maximum absolute atomic E-state index is 14.1. The molecule has 0 saturated carbocycles. The van der Waals surface area contributed by atoms with Gasteiger partial charge in [-0.05, 0) is 61.4 Å². The minimum absolute atomic E-state index is 0.227. The molecule has 0 aliphatic carbocycles. The van der Waals surface area contributed by atoms with Crippen molar-refractivity contribution < 1.29 is 18.2 Å². The van der Waals surface area contributed by atoms with Crippen molar-refractivity contribution in [3.05, 3.63) is 77.4 Å². The number of nitrogens with zero attached hydrogens (tertiary/aromatic N) is 3. The van der Waals surface area contributed by atoms with Crippen LogP contribution in [0.3, 0.4) is 0 Å². The van der Waals surface area contributed by atoms with Gasteiger partial charge in [-0.15, -0.1) is 0 Å². The second-order valence-corrected chi connectivity index (χ2v) is 13.4. The Kier molecular flexibility index (Phi) is 7.14. The zero-order valence-corrected chi connectivity index (χ0v) is 20.6. The number of epoxide rings is 1. The molecule has 2 atom stereocenters. The van der Waals surface area contributed by atoms with Gasteiger partial charge in [0.15, 0.2) is 5.16 Å². The van der Waals surface area contributed by atoms with E-state index in [9.17, 15) is 4.39 Å². The highest BCUT2D eigenvalue weighted by molar-refractivity contribution is 8.67. The van der Waals surface area contributed by atoms with Crippen molar-refractivity contribution >= 4 is 28.9 Å². The van der Waals surface area contributed by atoms with Gasteiger partial charge in [-0.3, -0.25) is 0 Å². The Morgan fingerprint density at radius 3 is 2.62 bits per heavy atom. The lowest BCUT2D eigenvalue weighted by molar-refractivity contribution is 0.255. The molecule has 6 nitrogen and oxygen atoms in total. The van der Waals surface area contributed by atoms with Crippen molar-refractivity contribution in [2.75, 3.05) is 13.2 Å². The monoisotopic (exact) mass is 493 g/mol. The van der Waals surface area contributed by atoms with Crippen LogP contribution in [0.25, 0.3) is 0 Å². The molecule has 3 aromatic rings. The molecule has 2 unspecified atom stereocenters. The number of hydrogen-bond acceptors (Lipinski definition) is 7. The van der Waals surface area contributed by atoms with Gasteiger partial charge in [-0.2, -0.15) is 5.10 Å². The van der Waals surface area contributed by atoms with Crippen molar-refractivity contribution in [1.29, 1.82) is 0 Å². The van der Waals surface area contributed by atoms with Crippen molar-refractivity contribution in [1.82, 2.24) is 14.8 Å². The first-order chi connectivity index (χ1) is 15.4. The standard InChI is InChI=1S/C22H25FN3O3PS2/c1-4-27-30(31,28-5-2)32-21-24-15-25-26(21)14-22(17-10-8-11-18(23)13-17)20(29-22)19-12-7-6-9-16(19)3/h6-13,15,20H,4-5,14H2,1-3H3. The number of aryl methyl sites for hydroxylation is 1. The first kappa shape index (κ1) is 23.5. The van der Waals surface area contributed by atoms with E-state index in [0.717, 1.165) is 16.7 Å². The number of aromatic nitrogens is 3. The summed E-state index contributed by atoms with van der Waals surface area (Å²) in [6, 6.07) is 14.6. The zero-order chi connectivity index (χ0) is 22.8. The second kappa shape index (κ2) is 9.71. The molecule has 10 heteroatoms. The van der Waals surface area contributed by atoms with Gasteiger partial charge in [0.2, 0.25) is 0 Å². The van der Waals surface area contributed by atoms with Crippen molar-refractivity contribution in [3.8, 4) is 0 Å². The summed E-state index contributed by atoms with van der Waals surface area (Å²) in [5, 5.41) is 5.00. The predicted molar refractivity (Wildman–Crippen MR) is 126 cm³/mol. The van der Waals surface area contributed by atoms with Crippen LogP contribution >= 0.6 is 17.1 Å². The lowest BCUT2D eigenvalue weighted by atomic mass is 9.90. The molecule has 170 valence electrons. The SMILES string of the molecule is CCOP(=S)(OCC)Sc1ncnn1CC1(c2cccc(F)c2)OC1c1ccccc1C. The fraction of sp³-hybridized carbons (Fsp3) is 0.364. The number of hydrogen-bond donors (Lipinski definition) is 0. The maximum Gasteiger partial charge on any atom is 0.255 e. The summed E-state index contributed by atoms with van der Waals surface area (Å²) in [6.07, 6.45) is 1.25. The van der Waals surface area contributed by atoms with Crippen LogP contribution in [0.15, 0.2) is 60.0 Å². The maximum atomic E-state index is 14.1. The Bertz CT molecular complexity index is 1130. The average molecular weight is 494 g/mol. The number of benzene rings is 2. The summed E-state index contributed by atoms with van der Waals surface area (Å²) < 4.78 is 33.7. The predicted octanol–water partition coefficient (Wildman–Crippen LogP) is 5.78. The summed E-state index contributed by atoms with van der Waals surface area (Å²) in [7, 11) is 0. The molecule has 1 aliphatic rings. The van der Waals surface area contributed by atoms with Gasteiger partial charge < -0.3 is 13.8 Å². The van der Waals surface area contributed by atoms with Crippen LogP contribution in [-0.2, 0) is 37.7 Å². The van der Waals surface area contributed by atoms with Crippen LogP contribution in [0.4, 0.5) is 4.39 Å². The van der Waals surface area contributed by atoms with Crippen molar-refractivity contribution in [3.63, 3.8) is 0 Å². The van der Waals surface area contributed by atoms with E-state index >= 15 is 0 Å². The van der Waals surface area contributed by atoms with E-state index in [1.165, 1.54) is 29.8 Å². The first-order valence-corrected chi connectivity index (χ1v) is 14.4. The Morgan fingerprint density at radius 2 is 1.94 bits per heavy atom. The molecule has 0 N–H and O–H groups in total. The largest absolute Gasteiger partial charge is 0.354 e. The molecule has 4 rings (SSSR count). The third kappa shape index (κ3) is 4.83. The summed E-state index contributed by atoms with van der Waals surface area (Å²) in [4.78, 5) is 4.39. The zero-order valence-electron chi connectivity index (χ0n) is 18.1. The van der Waals surface area contributed by atoms with Gasteiger partial charge in [0.1, 0.15) is 23.8 Å². The molecule has 0 bridgehead atoms. The second-order valence-electron chi connectivity index (χ2n) is 7.33. The molecule has 32 heavy (non-hydrogen) atoms. The van der Waals surface area contributed by atoms with Gasteiger partial charge in [0.25, 0.3) is 5.69 Å². The van der Waals surface area contributed by atoms with Crippen LogP contribution < -0.4 is 0 Å². The molecule has 1 aromatic heterocycles. The van der Waals surface area contributed by atoms with Gasteiger partial charge in [0, 0.05) is 11.4 Å². The van der Waals surface area contributed by atoms with Crippen molar-refractivity contribution in [2.45, 2.75) is 44.2 Å². The number of halogens is 1.